The fraction of sp³-hybridized carbons (Fsp3) is 0.280. The zero-order valence-electron chi connectivity index (χ0n) is 20.9. The van der Waals surface area contributed by atoms with Gasteiger partial charge < -0.3 is 14.2 Å². The molecule has 0 saturated heterocycles. The predicted octanol–water partition coefficient (Wildman–Crippen LogP) is 4.46. The van der Waals surface area contributed by atoms with Gasteiger partial charge in [0.1, 0.15) is 12.0 Å². The summed E-state index contributed by atoms with van der Waals surface area (Å²) in [5, 5.41) is 0.497. The molecule has 4 aromatic heterocycles. The van der Waals surface area contributed by atoms with Gasteiger partial charge in [-0.15, -0.1) is 0 Å². The maximum Gasteiger partial charge on any atom is 0.451 e. The van der Waals surface area contributed by atoms with Crippen molar-refractivity contribution in [2.45, 2.75) is 25.3 Å². The molecule has 0 atom stereocenters. The monoisotopic (exact) mass is 563 g/mol. The molecule has 5 rings (SSSR count). The number of carbonyl (C=O) groups is 1. The van der Waals surface area contributed by atoms with Gasteiger partial charge in [-0.3, -0.25) is 9.78 Å². The summed E-state index contributed by atoms with van der Waals surface area (Å²) in [7, 11) is 3.18. The molecule has 5 heterocycles. The highest BCUT2D eigenvalue weighted by Crippen LogP contribution is 2.38. The Hall–Kier alpha value is -4.56. The van der Waals surface area contributed by atoms with E-state index < -0.39 is 47.6 Å². The van der Waals surface area contributed by atoms with Crippen molar-refractivity contribution < 1.29 is 35.9 Å². The summed E-state index contributed by atoms with van der Waals surface area (Å²) >= 11 is 0. The summed E-state index contributed by atoms with van der Waals surface area (Å²) in [6.45, 7) is -0.726. The second-order valence-electron chi connectivity index (χ2n) is 8.80. The Bertz CT molecular complexity index is 1630. The van der Waals surface area contributed by atoms with Gasteiger partial charge in [-0.05, 0) is 24.6 Å². The summed E-state index contributed by atoms with van der Waals surface area (Å²) in [5.41, 5.74) is -0.262. The van der Waals surface area contributed by atoms with Gasteiger partial charge in [0.2, 0.25) is 17.6 Å². The SMILES string of the molecule is COc1ncnc2c1c(/C=C/C(=O)N1CCc3c(nc(C(F)(F)F)nc3C(F)(F)F)C1)c(-c1cccnc1)n2C. The summed E-state index contributed by atoms with van der Waals surface area (Å²) in [4.78, 5) is 33.0. The van der Waals surface area contributed by atoms with Crippen LogP contribution in [0.15, 0.2) is 36.9 Å². The molecule has 0 spiro atoms. The number of halogens is 6. The van der Waals surface area contributed by atoms with Crippen molar-refractivity contribution in [2.75, 3.05) is 13.7 Å². The number of hydrogen-bond donors (Lipinski definition) is 0. The summed E-state index contributed by atoms with van der Waals surface area (Å²) in [6, 6.07) is 3.53. The third kappa shape index (κ3) is 4.82. The van der Waals surface area contributed by atoms with Crippen LogP contribution in [-0.4, -0.2) is 53.9 Å². The van der Waals surface area contributed by atoms with Crippen LogP contribution in [0.2, 0.25) is 0 Å². The van der Waals surface area contributed by atoms with Gasteiger partial charge in [-0.1, -0.05) is 0 Å². The summed E-state index contributed by atoms with van der Waals surface area (Å²) in [5.74, 6) is -2.31. The third-order valence-electron chi connectivity index (χ3n) is 6.39. The maximum atomic E-state index is 13.5. The molecule has 40 heavy (non-hydrogen) atoms. The quantitative estimate of drug-likeness (QED) is 0.267. The highest BCUT2D eigenvalue weighted by atomic mass is 19.4. The van der Waals surface area contributed by atoms with Gasteiger partial charge in [-0.2, -0.15) is 26.3 Å². The van der Waals surface area contributed by atoms with E-state index in [-0.39, 0.29) is 18.8 Å². The average Bonchev–Trinajstić information content (AvgIpc) is 3.21. The molecule has 4 aromatic rings. The number of nitrogens with zero attached hydrogens (tertiary/aromatic N) is 7. The number of alkyl halides is 6. The van der Waals surface area contributed by atoms with Crippen molar-refractivity contribution in [1.29, 1.82) is 0 Å². The first-order valence-electron chi connectivity index (χ1n) is 11.7. The molecule has 0 saturated carbocycles. The fourth-order valence-corrected chi connectivity index (χ4v) is 4.66. The molecule has 1 aliphatic rings. The van der Waals surface area contributed by atoms with E-state index in [1.54, 1.807) is 36.1 Å². The molecule has 15 heteroatoms. The Morgan fingerprint density at radius 1 is 1.10 bits per heavy atom. The smallest absolute Gasteiger partial charge is 0.451 e. The lowest BCUT2D eigenvalue weighted by atomic mass is 10.0. The topological polar surface area (TPSA) is 98.9 Å². The zero-order valence-corrected chi connectivity index (χ0v) is 20.9. The lowest BCUT2D eigenvalue weighted by Gasteiger charge is -2.29. The number of ether oxygens (including phenoxy) is 1. The average molecular weight is 563 g/mol. The highest BCUT2D eigenvalue weighted by molar-refractivity contribution is 6.02. The number of rotatable bonds is 4. The van der Waals surface area contributed by atoms with E-state index in [9.17, 15) is 31.1 Å². The first-order chi connectivity index (χ1) is 18.9. The van der Waals surface area contributed by atoms with Gasteiger partial charge in [0.15, 0.2) is 5.69 Å². The molecule has 0 bridgehead atoms. The second kappa shape index (κ2) is 9.88. The number of aryl methyl sites for hydroxylation is 1. The van der Waals surface area contributed by atoms with Crippen LogP contribution in [0.3, 0.4) is 0 Å². The van der Waals surface area contributed by atoms with Gasteiger partial charge in [0.05, 0.1) is 30.4 Å². The van der Waals surface area contributed by atoms with Crippen molar-refractivity contribution in [3.8, 4) is 17.1 Å². The van der Waals surface area contributed by atoms with Crippen LogP contribution in [0.5, 0.6) is 5.88 Å². The number of aromatic nitrogens is 6. The third-order valence-corrected chi connectivity index (χ3v) is 6.39. The lowest BCUT2D eigenvalue weighted by Crippen LogP contribution is -2.37. The van der Waals surface area contributed by atoms with Gasteiger partial charge in [0.25, 0.3) is 0 Å². The Morgan fingerprint density at radius 3 is 2.52 bits per heavy atom. The molecule has 0 radical (unpaired) electrons. The lowest BCUT2D eigenvalue weighted by molar-refractivity contribution is -0.153. The minimum absolute atomic E-state index is 0.175. The number of fused-ring (bicyclic) bond motifs is 2. The molecule has 1 aliphatic heterocycles. The fourth-order valence-electron chi connectivity index (χ4n) is 4.66. The van der Waals surface area contributed by atoms with E-state index in [4.69, 9.17) is 4.74 Å². The van der Waals surface area contributed by atoms with Crippen LogP contribution in [0, 0.1) is 0 Å². The molecule has 0 aromatic carbocycles. The number of amides is 1. The van der Waals surface area contributed by atoms with E-state index in [1.807, 2.05) is 0 Å². The molecule has 1 amide bonds. The number of methoxy groups -OCH3 is 1. The minimum atomic E-state index is -5.20. The Balaban J connectivity index is 1.54. The Morgan fingerprint density at radius 2 is 1.88 bits per heavy atom. The molecular formula is C25H19F6N7O2. The van der Waals surface area contributed by atoms with E-state index >= 15 is 0 Å². The van der Waals surface area contributed by atoms with Gasteiger partial charge >= 0.3 is 12.4 Å². The number of hydrogen-bond acceptors (Lipinski definition) is 7. The van der Waals surface area contributed by atoms with Crippen molar-refractivity contribution in [3.63, 3.8) is 0 Å². The zero-order chi connectivity index (χ0) is 28.8. The summed E-state index contributed by atoms with van der Waals surface area (Å²) < 4.78 is 87.4. The molecule has 9 nitrogen and oxygen atoms in total. The van der Waals surface area contributed by atoms with Crippen LogP contribution in [-0.2, 0) is 37.2 Å². The first kappa shape index (κ1) is 27.0. The molecule has 0 N–H and O–H groups in total. The minimum Gasteiger partial charge on any atom is -0.480 e. The Kier molecular flexibility index (Phi) is 6.67. The highest BCUT2D eigenvalue weighted by Gasteiger charge is 2.43. The molecular weight excluding hydrogens is 544 g/mol. The molecule has 208 valence electrons. The van der Waals surface area contributed by atoms with Crippen molar-refractivity contribution in [3.05, 3.63) is 65.3 Å². The van der Waals surface area contributed by atoms with E-state index in [0.717, 1.165) is 4.90 Å². The van der Waals surface area contributed by atoms with Crippen molar-refractivity contribution >= 4 is 23.0 Å². The van der Waals surface area contributed by atoms with Gasteiger partial charge in [0, 0.05) is 48.8 Å². The van der Waals surface area contributed by atoms with Crippen LogP contribution in [0.1, 0.15) is 28.3 Å². The largest absolute Gasteiger partial charge is 0.480 e. The molecule has 0 unspecified atom stereocenters. The van der Waals surface area contributed by atoms with E-state index in [0.29, 0.717) is 27.9 Å². The molecule has 0 aliphatic carbocycles. The van der Waals surface area contributed by atoms with Crippen LogP contribution < -0.4 is 4.74 Å². The van der Waals surface area contributed by atoms with E-state index in [2.05, 4.69) is 24.9 Å². The van der Waals surface area contributed by atoms with Crippen LogP contribution >= 0.6 is 0 Å². The van der Waals surface area contributed by atoms with E-state index in [1.165, 1.54) is 25.6 Å². The second-order valence-corrected chi connectivity index (χ2v) is 8.80. The summed E-state index contributed by atoms with van der Waals surface area (Å²) in [6.07, 6.45) is -3.47. The molecule has 0 fully saturated rings. The number of pyridine rings is 1. The van der Waals surface area contributed by atoms with Crippen molar-refractivity contribution in [2.24, 2.45) is 7.05 Å². The number of carbonyl (C=O) groups excluding carboxylic acids is 1. The van der Waals surface area contributed by atoms with Crippen LogP contribution in [0.25, 0.3) is 28.4 Å². The normalized spacial score (nSPS) is 14.2. The van der Waals surface area contributed by atoms with Crippen molar-refractivity contribution in [1.82, 2.24) is 34.4 Å². The van der Waals surface area contributed by atoms with Crippen LogP contribution in [0.4, 0.5) is 26.3 Å². The maximum absolute atomic E-state index is 13.5. The standard InChI is InChI=1S/C25H19F6N7O2/c1-37-19(13-4-3-8-32-10-13)15(18-21(37)33-12-34-22(18)40-2)5-6-17(39)38-9-7-14-16(11-38)35-23(25(29,30)31)36-20(14)24(26,27)28/h3-6,8,10,12H,7,9,11H2,1-2H3/b6-5+. The Labute approximate surface area is 222 Å². The predicted molar refractivity (Wildman–Crippen MR) is 128 cm³/mol. The first-order valence-corrected chi connectivity index (χ1v) is 11.7. The van der Waals surface area contributed by atoms with Gasteiger partial charge in [-0.25, -0.2) is 19.9 Å².